The number of anilines is 2. The Kier molecular flexibility index (Phi) is 6.65. The molecule has 0 bridgehead atoms. The monoisotopic (exact) mass is 514 g/mol. The van der Waals surface area contributed by atoms with Gasteiger partial charge in [-0.2, -0.15) is 0 Å². The van der Waals surface area contributed by atoms with E-state index in [2.05, 4.69) is 5.32 Å². The number of nitro benzene ring substituents is 1. The number of para-hydroxylation sites is 1. The molecular weight excluding hydrogens is 492 g/mol. The number of carbonyl (C=O) groups is 2. The molecule has 2 amide bonds. The number of nitrogens with one attached hydrogen (secondary N) is 1. The van der Waals surface area contributed by atoms with Crippen LogP contribution in [0.2, 0.25) is 0 Å². The number of nitrogens with zero attached hydrogens (tertiary/aromatic N) is 3. The molecule has 2 aliphatic rings. The van der Waals surface area contributed by atoms with Crippen LogP contribution in [0.5, 0.6) is 11.5 Å². The van der Waals surface area contributed by atoms with E-state index in [1.807, 2.05) is 35.2 Å². The highest BCUT2D eigenvalue weighted by atomic mass is 32.1. The van der Waals surface area contributed by atoms with Gasteiger partial charge in [-0.15, -0.1) is 0 Å². The number of benzene rings is 3. The Morgan fingerprint density at radius 1 is 0.946 bits per heavy atom. The number of rotatable bonds is 6. The van der Waals surface area contributed by atoms with Gasteiger partial charge in [0.15, 0.2) is 5.11 Å². The zero-order chi connectivity index (χ0) is 25.9. The zero-order valence-corrected chi connectivity index (χ0v) is 20.4. The molecule has 0 atom stereocenters. The maximum atomic E-state index is 13.4. The minimum absolute atomic E-state index is 0.0563. The molecule has 3 aromatic rings. The Labute approximate surface area is 218 Å². The highest BCUT2D eigenvalue weighted by Gasteiger charge is 2.34. The van der Waals surface area contributed by atoms with Gasteiger partial charge in [0.1, 0.15) is 22.8 Å². The normalized spacial score (nSPS) is 16.8. The van der Waals surface area contributed by atoms with Crippen molar-refractivity contribution in [2.24, 2.45) is 0 Å². The van der Waals surface area contributed by atoms with Crippen molar-refractivity contribution in [3.8, 4) is 11.5 Å². The smallest absolute Gasteiger partial charge is 0.293 e. The van der Waals surface area contributed by atoms with Gasteiger partial charge in [0.2, 0.25) is 0 Å². The van der Waals surface area contributed by atoms with Gasteiger partial charge in [0.25, 0.3) is 17.5 Å². The molecule has 2 fully saturated rings. The fourth-order valence-corrected chi connectivity index (χ4v) is 4.63. The predicted octanol–water partition coefficient (Wildman–Crippen LogP) is 4.82. The van der Waals surface area contributed by atoms with Crippen molar-refractivity contribution in [2.75, 3.05) is 22.9 Å². The zero-order valence-electron chi connectivity index (χ0n) is 19.6. The second-order valence-electron chi connectivity index (χ2n) is 8.57. The number of nitro groups is 1. The van der Waals surface area contributed by atoms with Crippen molar-refractivity contribution in [3.63, 3.8) is 0 Å². The minimum atomic E-state index is -0.665. The van der Waals surface area contributed by atoms with Crippen LogP contribution in [0, 0.1) is 10.1 Å². The van der Waals surface area contributed by atoms with Crippen LogP contribution >= 0.6 is 12.2 Å². The van der Waals surface area contributed by atoms with E-state index in [1.54, 1.807) is 36.4 Å². The molecule has 186 valence electrons. The molecule has 9 nitrogen and oxygen atoms in total. The summed E-state index contributed by atoms with van der Waals surface area (Å²) < 4.78 is 5.79. The van der Waals surface area contributed by atoms with Crippen LogP contribution in [-0.4, -0.2) is 34.9 Å². The van der Waals surface area contributed by atoms with Crippen LogP contribution in [-0.2, 0) is 9.59 Å². The first-order valence-electron chi connectivity index (χ1n) is 11.7. The van der Waals surface area contributed by atoms with E-state index < -0.39 is 16.7 Å². The highest BCUT2D eigenvalue weighted by molar-refractivity contribution is 7.80. The molecule has 0 aromatic heterocycles. The molecule has 2 aliphatic heterocycles. The van der Waals surface area contributed by atoms with Crippen LogP contribution in [0.3, 0.4) is 0 Å². The lowest BCUT2D eigenvalue weighted by Crippen LogP contribution is -2.54. The summed E-state index contributed by atoms with van der Waals surface area (Å²) in [5, 5.41) is 14.2. The van der Waals surface area contributed by atoms with E-state index in [1.165, 1.54) is 17.0 Å². The quantitative estimate of drug-likeness (QED) is 0.165. The van der Waals surface area contributed by atoms with Crippen molar-refractivity contribution < 1.29 is 19.2 Å². The van der Waals surface area contributed by atoms with Gasteiger partial charge in [-0.1, -0.05) is 24.3 Å². The molecule has 5 rings (SSSR count). The molecule has 2 heterocycles. The van der Waals surface area contributed by atoms with Crippen LogP contribution in [0.1, 0.15) is 18.4 Å². The Hall–Kier alpha value is -4.57. The fourth-order valence-electron chi connectivity index (χ4n) is 4.35. The van der Waals surface area contributed by atoms with E-state index in [4.69, 9.17) is 17.0 Å². The van der Waals surface area contributed by atoms with Gasteiger partial charge in [0, 0.05) is 19.2 Å². The van der Waals surface area contributed by atoms with Gasteiger partial charge in [-0.05, 0) is 79.2 Å². The molecule has 0 saturated carbocycles. The number of hydrogen-bond donors (Lipinski definition) is 1. The van der Waals surface area contributed by atoms with Gasteiger partial charge in [-0.25, -0.2) is 0 Å². The topological polar surface area (TPSA) is 105 Å². The molecule has 3 aromatic carbocycles. The van der Waals surface area contributed by atoms with Gasteiger partial charge in [0.05, 0.1) is 10.6 Å². The second-order valence-corrected chi connectivity index (χ2v) is 8.95. The third kappa shape index (κ3) is 5.05. The third-order valence-electron chi connectivity index (χ3n) is 6.13. The Morgan fingerprint density at radius 2 is 1.62 bits per heavy atom. The summed E-state index contributed by atoms with van der Waals surface area (Å²) in [6.07, 6.45) is 3.31. The summed E-state index contributed by atoms with van der Waals surface area (Å²) in [7, 11) is 0. The van der Waals surface area contributed by atoms with Gasteiger partial charge in [-0.3, -0.25) is 29.9 Å². The molecule has 10 heteroatoms. The summed E-state index contributed by atoms with van der Waals surface area (Å²) in [6, 6.07) is 20.7. The number of amides is 2. The fraction of sp³-hybridized carbons (Fsp3) is 0.148. The second kappa shape index (κ2) is 10.2. The number of ether oxygens (including phenoxy) is 1. The van der Waals surface area contributed by atoms with Crippen molar-refractivity contribution >= 4 is 52.3 Å². The van der Waals surface area contributed by atoms with E-state index in [-0.39, 0.29) is 16.4 Å². The maximum absolute atomic E-state index is 13.4. The summed E-state index contributed by atoms with van der Waals surface area (Å²) >= 11 is 5.27. The average Bonchev–Trinajstić information content (AvgIpc) is 3.43. The predicted molar refractivity (Wildman–Crippen MR) is 144 cm³/mol. The van der Waals surface area contributed by atoms with E-state index >= 15 is 0 Å². The summed E-state index contributed by atoms with van der Waals surface area (Å²) in [5.41, 5.74) is 1.09. The summed E-state index contributed by atoms with van der Waals surface area (Å²) in [5.74, 6) is -0.0593. The van der Waals surface area contributed by atoms with Crippen molar-refractivity contribution in [2.45, 2.75) is 12.8 Å². The van der Waals surface area contributed by atoms with E-state index in [0.29, 0.717) is 28.4 Å². The van der Waals surface area contributed by atoms with Gasteiger partial charge >= 0.3 is 0 Å². The highest BCUT2D eigenvalue weighted by Crippen LogP contribution is 2.33. The minimum Gasteiger partial charge on any atom is -0.457 e. The van der Waals surface area contributed by atoms with Gasteiger partial charge < -0.3 is 9.64 Å². The maximum Gasteiger partial charge on any atom is 0.293 e. The first-order chi connectivity index (χ1) is 17.9. The van der Waals surface area contributed by atoms with Crippen molar-refractivity contribution in [1.82, 2.24) is 5.32 Å². The molecule has 0 unspecified atom stereocenters. The molecule has 2 saturated heterocycles. The molecule has 0 radical (unpaired) electrons. The van der Waals surface area contributed by atoms with E-state index in [9.17, 15) is 19.7 Å². The SMILES string of the molecule is O=C1NC(=S)N(c2ccc(Oc3ccccc3)cc2)C(=O)C1=Cc1ccc(N2CCCC2)c([N+](=O)[O-])c1. The largest absolute Gasteiger partial charge is 0.457 e. The molecular formula is C27H22N4O5S. The molecule has 0 aliphatic carbocycles. The first kappa shape index (κ1) is 24.1. The Balaban J connectivity index is 1.42. The lowest BCUT2D eigenvalue weighted by molar-refractivity contribution is -0.384. The molecule has 37 heavy (non-hydrogen) atoms. The summed E-state index contributed by atoms with van der Waals surface area (Å²) in [4.78, 5) is 40.5. The molecule has 1 N–H and O–H groups in total. The van der Waals surface area contributed by atoms with Crippen LogP contribution in [0.25, 0.3) is 6.08 Å². The van der Waals surface area contributed by atoms with Crippen molar-refractivity contribution in [3.05, 3.63) is 94.0 Å². The van der Waals surface area contributed by atoms with E-state index in [0.717, 1.165) is 25.9 Å². The first-order valence-corrected chi connectivity index (χ1v) is 12.1. The lowest BCUT2D eigenvalue weighted by Gasteiger charge is -2.29. The average molecular weight is 515 g/mol. The van der Waals surface area contributed by atoms with Crippen LogP contribution in [0.15, 0.2) is 78.4 Å². The van der Waals surface area contributed by atoms with Crippen LogP contribution in [0.4, 0.5) is 17.1 Å². The standard InChI is InChI=1S/C27H22N4O5S/c32-25-22(16-18-8-13-23(24(17-18)31(34)35)29-14-4-5-15-29)26(33)30(27(37)28-25)19-9-11-21(12-10-19)36-20-6-2-1-3-7-20/h1-3,6-13,16-17H,4-5,14-15H2,(H,28,32,37). The number of thiocarbonyl (C=S) groups is 1. The van der Waals surface area contributed by atoms with Crippen LogP contribution < -0.4 is 19.9 Å². The Bertz CT molecular complexity index is 1420. The number of hydrogen-bond acceptors (Lipinski definition) is 7. The third-order valence-corrected chi connectivity index (χ3v) is 6.41. The molecule has 0 spiro atoms. The summed E-state index contributed by atoms with van der Waals surface area (Å²) in [6.45, 7) is 1.51. The Morgan fingerprint density at radius 3 is 2.30 bits per heavy atom. The van der Waals surface area contributed by atoms with Crippen molar-refractivity contribution in [1.29, 1.82) is 0 Å². The number of carbonyl (C=O) groups excluding carboxylic acids is 2. The lowest BCUT2D eigenvalue weighted by atomic mass is 10.1.